The smallest absolute Gasteiger partial charge is 0.0723 e. The minimum absolute atomic E-state index is 0.212. The lowest BCUT2D eigenvalue weighted by Crippen LogP contribution is -2.66. The summed E-state index contributed by atoms with van der Waals surface area (Å²) in [6.07, 6.45) is 5.58. The summed E-state index contributed by atoms with van der Waals surface area (Å²) in [4.78, 5) is 0. The Balaban J connectivity index is 2.00. The molecular formula is C15H26O2. The van der Waals surface area contributed by atoms with E-state index in [0.29, 0.717) is 5.92 Å². The van der Waals surface area contributed by atoms with Crippen LogP contribution in [0.3, 0.4) is 0 Å². The molecule has 4 fully saturated rings. The highest BCUT2D eigenvalue weighted by Crippen LogP contribution is 2.64. The van der Waals surface area contributed by atoms with Gasteiger partial charge in [-0.2, -0.15) is 0 Å². The average molecular weight is 238 g/mol. The predicted molar refractivity (Wildman–Crippen MR) is 67.5 cm³/mol. The van der Waals surface area contributed by atoms with Crippen molar-refractivity contribution in [1.29, 1.82) is 0 Å². The molecule has 17 heavy (non-hydrogen) atoms. The van der Waals surface area contributed by atoms with Gasteiger partial charge in [-0.05, 0) is 62.7 Å². The predicted octanol–water partition coefficient (Wildman–Crippen LogP) is 2.58. The molecule has 0 aromatic heterocycles. The maximum Gasteiger partial charge on any atom is 0.0723 e. The standard InChI is InChI=1S/C15H26O2/c1-9(2)14(3,17)15-7-10-4-11(8-15)6-12(5-10)13(15)16/h9-13,16-17H,4-8H2,1-3H3. The van der Waals surface area contributed by atoms with Crippen LogP contribution in [0.15, 0.2) is 0 Å². The molecule has 4 atom stereocenters. The summed E-state index contributed by atoms with van der Waals surface area (Å²) in [5, 5.41) is 21.7. The Bertz CT molecular complexity index is 307. The Morgan fingerprint density at radius 2 is 1.65 bits per heavy atom. The van der Waals surface area contributed by atoms with Gasteiger partial charge in [0, 0.05) is 5.41 Å². The zero-order valence-corrected chi connectivity index (χ0v) is 11.3. The Morgan fingerprint density at radius 1 is 1.12 bits per heavy atom. The first-order valence-electron chi connectivity index (χ1n) is 7.27. The number of hydrogen-bond acceptors (Lipinski definition) is 2. The summed E-state index contributed by atoms with van der Waals surface area (Å²) < 4.78 is 0. The van der Waals surface area contributed by atoms with Crippen molar-refractivity contribution < 1.29 is 10.2 Å². The molecule has 0 spiro atoms. The molecule has 0 aromatic carbocycles. The van der Waals surface area contributed by atoms with Crippen LogP contribution in [-0.4, -0.2) is 21.9 Å². The normalized spacial score (nSPS) is 51.9. The highest BCUT2D eigenvalue weighted by molar-refractivity contribution is 5.13. The van der Waals surface area contributed by atoms with Gasteiger partial charge in [-0.25, -0.2) is 0 Å². The maximum absolute atomic E-state index is 11.0. The molecule has 0 amide bonds. The van der Waals surface area contributed by atoms with E-state index in [-0.39, 0.29) is 17.4 Å². The van der Waals surface area contributed by atoms with Gasteiger partial charge in [0.2, 0.25) is 0 Å². The van der Waals surface area contributed by atoms with Crippen molar-refractivity contribution in [3.05, 3.63) is 0 Å². The van der Waals surface area contributed by atoms with Gasteiger partial charge in [-0.1, -0.05) is 13.8 Å². The topological polar surface area (TPSA) is 40.5 Å². The van der Waals surface area contributed by atoms with Crippen LogP contribution in [0.25, 0.3) is 0 Å². The van der Waals surface area contributed by atoms with E-state index in [2.05, 4.69) is 13.8 Å². The van der Waals surface area contributed by atoms with Crippen molar-refractivity contribution in [3.8, 4) is 0 Å². The highest BCUT2D eigenvalue weighted by atomic mass is 16.3. The van der Waals surface area contributed by atoms with Crippen LogP contribution in [0, 0.1) is 29.1 Å². The number of aliphatic hydroxyl groups excluding tert-OH is 1. The molecule has 4 rings (SSSR count). The van der Waals surface area contributed by atoms with Gasteiger partial charge in [0.25, 0.3) is 0 Å². The van der Waals surface area contributed by atoms with E-state index < -0.39 is 5.60 Å². The summed E-state index contributed by atoms with van der Waals surface area (Å²) in [5.41, 5.74) is -0.932. The lowest BCUT2D eigenvalue weighted by atomic mass is 9.43. The fourth-order valence-electron chi connectivity index (χ4n) is 5.30. The number of rotatable bonds is 2. The van der Waals surface area contributed by atoms with Crippen molar-refractivity contribution in [2.24, 2.45) is 29.1 Å². The van der Waals surface area contributed by atoms with E-state index in [1.165, 1.54) is 19.3 Å². The van der Waals surface area contributed by atoms with E-state index in [1.807, 2.05) is 6.92 Å². The second-order valence-electron chi connectivity index (χ2n) is 7.51. The van der Waals surface area contributed by atoms with Crippen molar-refractivity contribution in [2.75, 3.05) is 0 Å². The first-order chi connectivity index (χ1) is 7.87. The molecule has 4 bridgehead atoms. The molecule has 0 aromatic rings. The monoisotopic (exact) mass is 238 g/mol. The second-order valence-corrected chi connectivity index (χ2v) is 7.51. The lowest BCUT2D eigenvalue weighted by molar-refractivity contribution is -0.247. The molecule has 0 aliphatic heterocycles. The molecule has 4 saturated carbocycles. The van der Waals surface area contributed by atoms with Crippen molar-refractivity contribution in [1.82, 2.24) is 0 Å². The highest BCUT2D eigenvalue weighted by Gasteiger charge is 2.63. The Hall–Kier alpha value is -0.0800. The minimum atomic E-state index is -0.720. The van der Waals surface area contributed by atoms with Gasteiger partial charge in [-0.3, -0.25) is 0 Å². The number of aliphatic hydroxyl groups is 2. The molecule has 4 aliphatic carbocycles. The van der Waals surface area contributed by atoms with Crippen molar-refractivity contribution >= 4 is 0 Å². The molecule has 0 saturated heterocycles. The van der Waals surface area contributed by atoms with E-state index in [9.17, 15) is 10.2 Å². The van der Waals surface area contributed by atoms with Gasteiger partial charge in [0.15, 0.2) is 0 Å². The van der Waals surface area contributed by atoms with E-state index in [0.717, 1.165) is 24.7 Å². The fraction of sp³-hybridized carbons (Fsp3) is 1.00. The van der Waals surface area contributed by atoms with Gasteiger partial charge >= 0.3 is 0 Å². The van der Waals surface area contributed by atoms with Gasteiger partial charge in [0.1, 0.15) is 0 Å². The lowest BCUT2D eigenvalue weighted by Gasteiger charge is -2.64. The second kappa shape index (κ2) is 3.48. The first kappa shape index (κ1) is 12.0. The minimum Gasteiger partial charge on any atom is -0.392 e. The molecule has 2 heteroatoms. The van der Waals surface area contributed by atoms with E-state index in [4.69, 9.17) is 0 Å². The van der Waals surface area contributed by atoms with Crippen LogP contribution >= 0.6 is 0 Å². The maximum atomic E-state index is 11.0. The van der Waals surface area contributed by atoms with Gasteiger partial charge < -0.3 is 10.2 Å². The molecule has 0 heterocycles. The molecule has 4 unspecified atom stereocenters. The third-order valence-corrected chi connectivity index (χ3v) is 6.39. The van der Waals surface area contributed by atoms with Crippen LogP contribution in [0.1, 0.15) is 52.9 Å². The summed E-state index contributed by atoms with van der Waals surface area (Å²) >= 11 is 0. The largest absolute Gasteiger partial charge is 0.392 e. The molecule has 2 N–H and O–H groups in total. The Labute approximate surface area is 104 Å². The summed E-state index contributed by atoms with van der Waals surface area (Å²) in [7, 11) is 0. The van der Waals surface area contributed by atoms with Crippen LogP contribution in [-0.2, 0) is 0 Å². The summed E-state index contributed by atoms with van der Waals surface area (Å²) in [6, 6.07) is 0. The average Bonchev–Trinajstić information content (AvgIpc) is 2.24. The quantitative estimate of drug-likeness (QED) is 0.776. The zero-order valence-electron chi connectivity index (χ0n) is 11.3. The van der Waals surface area contributed by atoms with E-state index in [1.54, 1.807) is 0 Å². The molecule has 0 radical (unpaired) electrons. The SMILES string of the molecule is CC(C)C(C)(O)C12CC3CC(CC(C3)C1O)C2. The third kappa shape index (κ3) is 1.40. The van der Waals surface area contributed by atoms with Crippen LogP contribution in [0.4, 0.5) is 0 Å². The molecule has 2 nitrogen and oxygen atoms in total. The van der Waals surface area contributed by atoms with Crippen molar-refractivity contribution in [2.45, 2.75) is 64.6 Å². The fourth-order valence-corrected chi connectivity index (χ4v) is 5.30. The van der Waals surface area contributed by atoms with Crippen LogP contribution in [0.2, 0.25) is 0 Å². The summed E-state index contributed by atoms with van der Waals surface area (Å²) in [6.45, 7) is 6.14. The first-order valence-corrected chi connectivity index (χ1v) is 7.27. The Morgan fingerprint density at radius 3 is 2.12 bits per heavy atom. The summed E-state index contributed by atoms with van der Waals surface area (Å²) in [5.74, 6) is 2.21. The van der Waals surface area contributed by atoms with Gasteiger partial charge in [0.05, 0.1) is 11.7 Å². The zero-order chi connectivity index (χ0) is 12.4. The van der Waals surface area contributed by atoms with Crippen molar-refractivity contribution in [3.63, 3.8) is 0 Å². The molecule has 98 valence electrons. The van der Waals surface area contributed by atoms with Gasteiger partial charge in [-0.15, -0.1) is 0 Å². The molecule has 4 aliphatic rings. The third-order valence-electron chi connectivity index (χ3n) is 6.39. The van der Waals surface area contributed by atoms with E-state index >= 15 is 0 Å². The Kier molecular flexibility index (Phi) is 2.45. The van der Waals surface area contributed by atoms with Crippen LogP contribution < -0.4 is 0 Å². The molecular weight excluding hydrogens is 212 g/mol. The van der Waals surface area contributed by atoms with Crippen LogP contribution in [0.5, 0.6) is 0 Å². The number of hydrogen-bond donors (Lipinski definition) is 2.